The second-order valence-electron chi connectivity index (χ2n) is 21.4. The van der Waals surface area contributed by atoms with Crippen LogP contribution < -0.4 is 4.74 Å². The van der Waals surface area contributed by atoms with Crippen molar-refractivity contribution < 1.29 is 95.1 Å². The van der Waals surface area contributed by atoms with Gasteiger partial charge in [-0.25, -0.2) is 0 Å². The molecular weight excluding hydrogens is 1850 g/mol. The Bertz CT molecular complexity index is 4000. The van der Waals surface area contributed by atoms with E-state index in [0.29, 0.717) is 5.92 Å². The van der Waals surface area contributed by atoms with Crippen molar-refractivity contribution in [3.8, 4) is 95.3 Å². The van der Waals surface area contributed by atoms with E-state index in [9.17, 15) is 4.79 Å². The van der Waals surface area contributed by atoms with E-state index in [1.54, 1.807) is 7.11 Å². The van der Waals surface area contributed by atoms with Crippen molar-refractivity contribution in [1.29, 1.82) is 0 Å². The molecule has 12 rings (SSSR count). The minimum atomic E-state index is -0.125. The Kier molecular flexibility index (Phi) is 32.7. The minimum absolute atomic E-state index is 0. The van der Waals surface area contributed by atoms with Gasteiger partial charge in [-0.05, 0) is 99.2 Å². The van der Waals surface area contributed by atoms with E-state index in [0.717, 1.165) is 89.7 Å². The number of aliphatic hydroxyl groups is 1. The van der Waals surface area contributed by atoms with Gasteiger partial charge in [-0.1, -0.05) is 187 Å². The normalized spacial score (nSPS) is 10.1. The van der Waals surface area contributed by atoms with Crippen LogP contribution in [-0.4, -0.2) is 37.9 Å². The molecule has 0 amide bonds. The Hall–Kier alpha value is -8.03. The number of allylic oxidation sites excluding steroid dienone is 2. The van der Waals surface area contributed by atoms with Gasteiger partial charge in [0.25, 0.3) is 0 Å². The number of aryl methyl sites for hydroxylation is 4. The number of ether oxygens (including phenoxy) is 1. The first-order valence-corrected chi connectivity index (χ1v) is 29.2. The van der Waals surface area contributed by atoms with Gasteiger partial charge in [-0.3, -0.25) is 4.79 Å². The maximum Gasteiger partial charge on any atom is 0.155 e. The topological polar surface area (TPSA) is 98.1 Å². The standard InChI is InChI=1S/C20H18N.2C19H16N.C18H14NO.C5H8O2.4Ir/c1-15(2)17-9-6-10-18(13-17)19-11-12-20(21-14-19)16-7-4-3-5-8-16;2*1-14-10-15(2)12-18(11-14)19-9-8-17(13-20-19)16-6-4-3-5-7-16;1-20-18-10-6-5-9-16(18)15-11-12-19-17(13-15)14-7-3-2-4-8-14;1-4(6)3-5(2)7;;;;/h3-7,9-15H,1-2H3;2*3-11,13H,1-2H3;2-7,9-13H,1H3;3,6H,1-2H3;;;;/q4*-1;;;;;. The molecule has 11 heteroatoms. The number of hydrogen-bond donors (Lipinski definition) is 1. The second-order valence-corrected chi connectivity index (χ2v) is 21.4. The molecule has 0 bridgehead atoms. The van der Waals surface area contributed by atoms with Crippen LogP contribution in [0.1, 0.15) is 61.4 Å². The average molecular weight is 1920 g/mol. The number of ketones is 1. The average Bonchev–Trinajstić information content (AvgIpc) is 1.11. The van der Waals surface area contributed by atoms with Gasteiger partial charge in [0.2, 0.25) is 0 Å². The number of carbonyl (C=O) groups excluding carboxylic acids is 1. The Morgan fingerprint density at radius 1 is 0.435 bits per heavy atom. The largest absolute Gasteiger partial charge is 0.512 e. The molecule has 7 nitrogen and oxygen atoms in total. The molecule has 4 heterocycles. The van der Waals surface area contributed by atoms with Gasteiger partial charge in [-0.2, -0.15) is 0 Å². The van der Waals surface area contributed by atoms with E-state index < -0.39 is 0 Å². The number of nitrogens with zero attached hydrogens (tertiary/aromatic N) is 4. The fourth-order valence-corrected chi connectivity index (χ4v) is 9.61. The molecule has 474 valence electrons. The van der Waals surface area contributed by atoms with Crippen molar-refractivity contribution in [2.45, 2.75) is 61.3 Å². The van der Waals surface area contributed by atoms with Crippen molar-refractivity contribution in [2.75, 3.05) is 7.11 Å². The van der Waals surface area contributed by atoms with E-state index in [1.807, 2.05) is 140 Å². The molecule has 0 fully saturated rings. The van der Waals surface area contributed by atoms with E-state index in [2.05, 4.69) is 201 Å². The first-order chi connectivity index (χ1) is 42.7. The first-order valence-electron chi connectivity index (χ1n) is 29.2. The van der Waals surface area contributed by atoms with Crippen molar-refractivity contribution >= 4 is 5.78 Å². The number of para-hydroxylation sites is 1. The van der Waals surface area contributed by atoms with Gasteiger partial charge in [0, 0.05) is 117 Å². The number of benzene rings is 8. The second kappa shape index (κ2) is 39.4. The number of carbonyl (C=O) groups is 1. The first kappa shape index (κ1) is 76.4. The predicted octanol–water partition coefficient (Wildman–Crippen LogP) is 20.3. The summed E-state index contributed by atoms with van der Waals surface area (Å²) in [5.41, 5.74) is 23.2. The van der Waals surface area contributed by atoms with Crippen LogP contribution in [0.5, 0.6) is 5.75 Å². The summed E-state index contributed by atoms with van der Waals surface area (Å²) < 4.78 is 5.42. The number of aromatic nitrogens is 4. The summed E-state index contributed by atoms with van der Waals surface area (Å²) in [5, 5.41) is 8.36. The van der Waals surface area contributed by atoms with Crippen LogP contribution in [0.15, 0.2) is 267 Å². The molecule has 0 aliphatic rings. The maximum absolute atomic E-state index is 10.0. The van der Waals surface area contributed by atoms with Gasteiger partial charge in [0.05, 0.1) is 12.9 Å². The fourth-order valence-electron chi connectivity index (χ4n) is 9.61. The third-order valence-corrected chi connectivity index (χ3v) is 13.8. The van der Waals surface area contributed by atoms with E-state index in [1.165, 1.54) is 53.3 Å². The Labute approximate surface area is 598 Å². The van der Waals surface area contributed by atoms with Crippen LogP contribution in [0, 0.1) is 52.0 Å². The zero-order valence-corrected chi connectivity index (χ0v) is 62.4. The van der Waals surface area contributed by atoms with Crippen molar-refractivity contribution in [3.05, 3.63) is 319 Å². The smallest absolute Gasteiger partial charge is 0.155 e. The molecule has 0 unspecified atom stereocenters. The van der Waals surface area contributed by atoms with Crippen LogP contribution in [0.25, 0.3) is 89.5 Å². The molecule has 0 saturated heterocycles. The summed E-state index contributed by atoms with van der Waals surface area (Å²) in [5.74, 6) is 1.34. The molecule has 8 aromatic carbocycles. The van der Waals surface area contributed by atoms with Crippen molar-refractivity contribution in [3.63, 3.8) is 0 Å². The van der Waals surface area contributed by atoms with Gasteiger partial charge in [-0.15, -0.1) is 142 Å². The number of pyridine rings is 4. The summed E-state index contributed by atoms with van der Waals surface area (Å²) in [6.07, 6.45) is 8.78. The van der Waals surface area contributed by atoms with Crippen molar-refractivity contribution in [2.24, 2.45) is 0 Å². The molecule has 0 spiro atoms. The van der Waals surface area contributed by atoms with Gasteiger partial charge in [0.1, 0.15) is 5.75 Å². The maximum atomic E-state index is 10.0. The summed E-state index contributed by atoms with van der Waals surface area (Å²) in [6.45, 7) is 15.6. The minimum Gasteiger partial charge on any atom is -0.512 e. The molecule has 0 aliphatic heterocycles. The molecule has 1 N–H and O–H groups in total. The van der Waals surface area contributed by atoms with E-state index >= 15 is 0 Å². The van der Waals surface area contributed by atoms with Gasteiger partial charge >= 0.3 is 0 Å². The summed E-state index contributed by atoms with van der Waals surface area (Å²) in [6, 6.07) is 91.2. The Morgan fingerprint density at radius 2 is 0.880 bits per heavy atom. The molecular formula is C81H72Ir4N4O3-4. The molecule has 0 saturated carbocycles. The van der Waals surface area contributed by atoms with Gasteiger partial charge < -0.3 is 29.8 Å². The quantitative estimate of drug-likeness (QED) is 0.0782. The predicted molar refractivity (Wildman–Crippen MR) is 362 cm³/mol. The zero-order chi connectivity index (χ0) is 62.2. The third-order valence-electron chi connectivity index (χ3n) is 13.8. The molecule has 0 atom stereocenters. The van der Waals surface area contributed by atoms with Crippen LogP contribution >= 0.6 is 0 Å². The van der Waals surface area contributed by atoms with E-state index in [-0.39, 0.29) is 92.0 Å². The number of hydrogen-bond acceptors (Lipinski definition) is 7. The summed E-state index contributed by atoms with van der Waals surface area (Å²) in [4.78, 5) is 28.2. The fraction of sp³-hybridized carbons (Fsp3) is 0.123. The zero-order valence-electron chi connectivity index (χ0n) is 52.8. The number of methoxy groups -OCH3 is 1. The van der Waals surface area contributed by atoms with Crippen LogP contribution in [0.2, 0.25) is 0 Å². The summed E-state index contributed by atoms with van der Waals surface area (Å²) in [7, 11) is 1.69. The molecule has 0 aliphatic carbocycles. The van der Waals surface area contributed by atoms with Crippen LogP contribution in [0.4, 0.5) is 0 Å². The van der Waals surface area contributed by atoms with Crippen molar-refractivity contribution in [1.82, 2.24) is 19.9 Å². The monoisotopic (exact) mass is 1920 g/mol. The summed E-state index contributed by atoms with van der Waals surface area (Å²) >= 11 is 0. The third kappa shape index (κ3) is 23.6. The van der Waals surface area contributed by atoms with Gasteiger partial charge in [0.15, 0.2) is 5.78 Å². The van der Waals surface area contributed by atoms with Crippen LogP contribution in [0.3, 0.4) is 0 Å². The van der Waals surface area contributed by atoms with Crippen LogP contribution in [-0.2, 0) is 85.2 Å². The number of rotatable bonds is 11. The Balaban J connectivity index is 0.000000249. The molecule has 4 aromatic heterocycles. The van der Waals surface area contributed by atoms with E-state index in [4.69, 9.17) is 9.84 Å². The molecule has 4 radical (unpaired) electrons. The Morgan fingerprint density at radius 3 is 1.29 bits per heavy atom. The molecule has 92 heavy (non-hydrogen) atoms. The molecule has 12 aromatic rings. The SMILES string of the molecule is CC(=O)C=C(C)O.CC(C)c1cccc(-c2ccc(-c3[c-]cccc3)nc2)c1.COc1ccccc1-c1ccnc(-c2[c-]cccc2)c1.Cc1[c-]c(-c2ccc(-c3ccccc3)cn2)cc(C)c1.Cc1[c-]c(-c2ccc(-c3ccccc3)cn2)cc(C)c1.[Ir].[Ir].[Ir].[Ir]. The number of aliphatic hydroxyl groups excluding tert-OH is 1.